The summed E-state index contributed by atoms with van der Waals surface area (Å²) in [6, 6.07) is 18.7. The first-order valence-electron chi connectivity index (χ1n) is 12.6. The Bertz CT molecular complexity index is 1420. The third kappa shape index (κ3) is 5.38. The van der Waals surface area contributed by atoms with E-state index in [2.05, 4.69) is 17.2 Å². The molecule has 0 spiro atoms. The number of amidine groups is 1. The quantitative estimate of drug-likeness (QED) is 0.103. The van der Waals surface area contributed by atoms with Crippen molar-refractivity contribution in [2.24, 2.45) is 22.6 Å². The van der Waals surface area contributed by atoms with Gasteiger partial charge in [0, 0.05) is 16.2 Å². The number of benzene rings is 3. The van der Waals surface area contributed by atoms with Crippen LogP contribution in [0.3, 0.4) is 0 Å². The Morgan fingerprint density at radius 3 is 2.42 bits per heavy atom. The molecular formula is C30H30Cl2N4O2. The SMILES string of the molecule is C/C(=C(/COc1ccc(C2CC2c2ccc(/C(N)=N/N)cc2)c(Cl)c1)C(=N)c1c(O)cccc1Cl)C1CC1. The van der Waals surface area contributed by atoms with Crippen molar-refractivity contribution in [3.8, 4) is 11.5 Å². The molecule has 2 aliphatic rings. The predicted octanol–water partition coefficient (Wildman–Crippen LogP) is 6.72. The van der Waals surface area contributed by atoms with Gasteiger partial charge in [-0.2, -0.15) is 5.10 Å². The van der Waals surface area contributed by atoms with Crippen LogP contribution < -0.4 is 16.3 Å². The highest BCUT2D eigenvalue weighted by Gasteiger charge is 2.40. The maximum atomic E-state index is 10.4. The number of hydrogen-bond donors (Lipinski definition) is 4. The van der Waals surface area contributed by atoms with Gasteiger partial charge in [-0.25, -0.2) is 0 Å². The summed E-state index contributed by atoms with van der Waals surface area (Å²) in [5.41, 5.74) is 11.3. The monoisotopic (exact) mass is 548 g/mol. The molecule has 2 unspecified atom stereocenters. The van der Waals surface area contributed by atoms with E-state index in [0.717, 1.165) is 41.5 Å². The van der Waals surface area contributed by atoms with Crippen LogP contribution in [0.25, 0.3) is 0 Å². The van der Waals surface area contributed by atoms with E-state index in [1.165, 1.54) is 5.56 Å². The fourth-order valence-corrected chi connectivity index (χ4v) is 5.57. The molecule has 0 saturated heterocycles. The number of allylic oxidation sites excluding steroid dienone is 1. The zero-order valence-corrected chi connectivity index (χ0v) is 22.6. The van der Waals surface area contributed by atoms with Crippen molar-refractivity contribution in [2.45, 2.75) is 38.0 Å². The number of nitrogens with two attached hydrogens (primary N) is 2. The predicted molar refractivity (Wildman–Crippen MR) is 154 cm³/mol. The van der Waals surface area contributed by atoms with Crippen LogP contribution in [-0.2, 0) is 0 Å². The maximum Gasteiger partial charge on any atom is 0.150 e. The van der Waals surface area contributed by atoms with Crippen molar-refractivity contribution < 1.29 is 9.84 Å². The first-order chi connectivity index (χ1) is 18.3. The Kier molecular flexibility index (Phi) is 7.37. The number of phenolic OH excluding ortho intramolecular Hbond substituents is 1. The molecule has 38 heavy (non-hydrogen) atoms. The van der Waals surface area contributed by atoms with Gasteiger partial charge >= 0.3 is 0 Å². The lowest BCUT2D eigenvalue weighted by Gasteiger charge is -2.17. The number of ether oxygens (including phenoxy) is 1. The van der Waals surface area contributed by atoms with E-state index in [-0.39, 0.29) is 18.1 Å². The van der Waals surface area contributed by atoms with Crippen molar-refractivity contribution in [1.29, 1.82) is 5.41 Å². The molecule has 6 N–H and O–H groups in total. The van der Waals surface area contributed by atoms with E-state index in [4.69, 9.17) is 44.9 Å². The highest BCUT2D eigenvalue weighted by Crippen LogP contribution is 2.56. The number of hydrogen-bond acceptors (Lipinski definition) is 5. The fourth-order valence-electron chi connectivity index (χ4n) is 4.99. The molecule has 0 aromatic heterocycles. The molecule has 2 saturated carbocycles. The van der Waals surface area contributed by atoms with E-state index < -0.39 is 0 Å². The number of aromatic hydroxyl groups is 1. The van der Waals surface area contributed by atoms with Gasteiger partial charge in [0.15, 0.2) is 0 Å². The van der Waals surface area contributed by atoms with Gasteiger partial charge in [0.25, 0.3) is 0 Å². The summed E-state index contributed by atoms with van der Waals surface area (Å²) in [5.74, 6) is 7.37. The summed E-state index contributed by atoms with van der Waals surface area (Å²) >= 11 is 13.1. The average Bonchev–Trinajstić information content (AvgIpc) is 3.83. The number of nitrogens with one attached hydrogen (secondary N) is 1. The van der Waals surface area contributed by atoms with E-state index in [9.17, 15) is 5.11 Å². The molecule has 3 aromatic carbocycles. The van der Waals surface area contributed by atoms with Crippen LogP contribution in [0.5, 0.6) is 11.5 Å². The molecular weight excluding hydrogens is 519 g/mol. The number of halogens is 2. The van der Waals surface area contributed by atoms with Crippen LogP contribution in [0.2, 0.25) is 10.0 Å². The van der Waals surface area contributed by atoms with Crippen LogP contribution in [0, 0.1) is 11.3 Å². The third-order valence-corrected chi connectivity index (χ3v) is 8.17. The first-order valence-corrected chi connectivity index (χ1v) is 13.4. The van der Waals surface area contributed by atoms with E-state index in [1.54, 1.807) is 18.2 Å². The van der Waals surface area contributed by atoms with Gasteiger partial charge in [0.2, 0.25) is 0 Å². The minimum atomic E-state index is -0.0133. The van der Waals surface area contributed by atoms with Crippen molar-refractivity contribution in [2.75, 3.05) is 6.61 Å². The summed E-state index contributed by atoms with van der Waals surface area (Å²) in [5, 5.41) is 23.8. The largest absolute Gasteiger partial charge is 0.507 e. The zero-order valence-electron chi connectivity index (χ0n) is 21.0. The van der Waals surface area contributed by atoms with E-state index >= 15 is 0 Å². The number of hydrazone groups is 1. The topological polar surface area (TPSA) is 118 Å². The van der Waals surface area contributed by atoms with Gasteiger partial charge < -0.3 is 21.4 Å². The summed E-state index contributed by atoms with van der Waals surface area (Å²) < 4.78 is 6.14. The smallest absolute Gasteiger partial charge is 0.150 e. The Labute approximate surface area is 232 Å². The molecule has 0 aliphatic heterocycles. The lowest BCUT2D eigenvalue weighted by atomic mass is 9.96. The van der Waals surface area contributed by atoms with Crippen molar-refractivity contribution >= 4 is 34.7 Å². The summed E-state index contributed by atoms with van der Waals surface area (Å²) in [4.78, 5) is 0. The molecule has 0 radical (unpaired) electrons. The number of rotatable bonds is 9. The third-order valence-electron chi connectivity index (χ3n) is 7.53. The molecule has 0 heterocycles. The lowest BCUT2D eigenvalue weighted by molar-refractivity contribution is 0.355. The van der Waals surface area contributed by atoms with E-state index in [1.807, 2.05) is 37.3 Å². The van der Waals surface area contributed by atoms with Crippen LogP contribution in [0.15, 0.2) is 76.9 Å². The van der Waals surface area contributed by atoms with Gasteiger partial charge in [0.1, 0.15) is 23.9 Å². The second-order valence-electron chi connectivity index (χ2n) is 10.0. The lowest BCUT2D eigenvalue weighted by Crippen LogP contribution is -2.15. The van der Waals surface area contributed by atoms with Crippen molar-refractivity contribution in [1.82, 2.24) is 0 Å². The molecule has 3 aromatic rings. The van der Waals surface area contributed by atoms with Crippen molar-refractivity contribution in [3.63, 3.8) is 0 Å². The summed E-state index contributed by atoms with van der Waals surface area (Å²) in [6.45, 7) is 2.22. The highest BCUT2D eigenvalue weighted by molar-refractivity contribution is 6.35. The van der Waals surface area contributed by atoms with Gasteiger partial charge in [-0.3, -0.25) is 5.41 Å². The fraction of sp³-hybridized carbons (Fsp3) is 0.267. The Balaban J connectivity index is 1.29. The van der Waals surface area contributed by atoms with Crippen molar-refractivity contribution in [3.05, 3.63) is 104 Å². The highest BCUT2D eigenvalue weighted by atomic mass is 35.5. The molecule has 2 atom stereocenters. The molecule has 2 aliphatic carbocycles. The second kappa shape index (κ2) is 10.7. The van der Waals surface area contributed by atoms with Gasteiger partial charge in [-0.15, -0.1) is 0 Å². The first kappa shape index (κ1) is 26.1. The molecule has 2 fully saturated rings. The van der Waals surface area contributed by atoms with Gasteiger partial charge in [-0.05, 0) is 79.3 Å². The zero-order chi connectivity index (χ0) is 27.0. The number of nitrogens with zero attached hydrogens (tertiary/aromatic N) is 1. The normalized spacial score (nSPS) is 19.6. The molecule has 0 bridgehead atoms. The van der Waals surface area contributed by atoms with Crippen LogP contribution >= 0.6 is 23.2 Å². The maximum absolute atomic E-state index is 10.4. The average molecular weight is 550 g/mol. The number of phenols is 1. The standard InChI is InChI=1S/C30H30Cl2N4O2/c1-16(17-5-6-17)24(29(33)28-25(31)3-2-4-27(28)37)15-38-20-11-12-21(26(32)13-20)23-14-22(23)18-7-9-19(10-8-18)30(34)36-35/h2-4,7-13,17,22-23,33,37H,5-6,14-15,35H2,1H3,(H2,34,36)/b24-16+,33-29?. The Hall–Kier alpha value is -3.48. The van der Waals surface area contributed by atoms with Crippen LogP contribution in [0.1, 0.15) is 60.3 Å². The molecule has 5 rings (SSSR count). The van der Waals surface area contributed by atoms with Crippen LogP contribution in [-0.4, -0.2) is 23.3 Å². The van der Waals surface area contributed by atoms with Crippen LogP contribution in [0.4, 0.5) is 0 Å². The Morgan fingerprint density at radius 1 is 1.05 bits per heavy atom. The minimum Gasteiger partial charge on any atom is -0.507 e. The minimum absolute atomic E-state index is 0.0133. The summed E-state index contributed by atoms with van der Waals surface area (Å²) in [6.07, 6.45) is 3.21. The molecule has 8 heteroatoms. The Morgan fingerprint density at radius 2 is 1.79 bits per heavy atom. The van der Waals surface area contributed by atoms with E-state index in [0.29, 0.717) is 44.9 Å². The van der Waals surface area contributed by atoms with Gasteiger partial charge in [0.05, 0.1) is 16.3 Å². The van der Waals surface area contributed by atoms with Gasteiger partial charge in [-0.1, -0.05) is 65.2 Å². The summed E-state index contributed by atoms with van der Waals surface area (Å²) in [7, 11) is 0. The molecule has 196 valence electrons. The molecule has 6 nitrogen and oxygen atoms in total. The molecule has 0 amide bonds. The second-order valence-corrected chi connectivity index (χ2v) is 10.8.